The largest absolute Gasteiger partial charge is 0.497 e. The molecular formula is C23H23N3O3. The molecule has 0 aromatic heterocycles. The molecule has 0 heterocycles. The van der Waals surface area contributed by atoms with Crippen LogP contribution >= 0.6 is 0 Å². The zero-order valence-corrected chi connectivity index (χ0v) is 16.4. The Morgan fingerprint density at radius 3 is 2.41 bits per heavy atom. The molecule has 0 radical (unpaired) electrons. The van der Waals surface area contributed by atoms with Crippen LogP contribution in [0.25, 0.3) is 10.8 Å². The molecule has 3 aromatic rings. The Kier molecular flexibility index (Phi) is 6.58. The van der Waals surface area contributed by atoms with E-state index in [4.69, 9.17) is 4.74 Å². The summed E-state index contributed by atoms with van der Waals surface area (Å²) in [5.74, 6) is 0.283. The van der Waals surface area contributed by atoms with Gasteiger partial charge in [-0.2, -0.15) is 5.10 Å². The number of nitrogens with zero attached hydrogens (tertiary/aromatic N) is 1. The van der Waals surface area contributed by atoms with Crippen molar-refractivity contribution < 1.29 is 14.3 Å². The lowest BCUT2D eigenvalue weighted by Crippen LogP contribution is -2.23. The number of ether oxygens (including phenoxy) is 1. The topological polar surface area (TPSA) is 79.8 Å². The van der Waals surface area contributed by atoms with Gasteiger partial charge in [0, 0.05) is 11.4 Å². The summed E-state index contributed by atoms with van der Waals surface area (Å²) >= 11 is 0. The van der Waals surface area contributed by atoms with Crippen molar-refractivity contribution in [3.63, 3.8) is 0 Å². The van der Waals surface area contributed by atoms with Gasteiger partial charge in [-0.1, -0.05) is 42.5 Å². The van der Waals surface area contributed by atoms with E-state index in [2.05, 4.69) is 15.8 Å². The number of hydrogen-bond donors (Lipinski definition) is 2. The molecular weight excluding hydrogens is 366 g/mol. The van der Waals surface area contributed by atoms with Crippen LogP contribution in [0.3, 0.4) is 0 Å². The first-order chi connectivity index (χ1) is 14.0. The van der Waals surface area contributed by atoms with E-state index in [1.165, 1.54) is 0 Å². The van der Waals surface area contributed by atoms with E-state index in [1.54, 1.807) is 38.3 Å². The molecule has 6 heteroatoms. The van der Waals surface area contributed by atoms with Gasteiger partial charge in [-0.3, -0.25) is 9.59 Å². The second kappa shape index (κ2) is 9.50. The Morgan fingerprint density at radius 1 is 0.931 bits per heavy atom. The third kappa shape index (κ3) is 5.65. The van der Waals surface area contributed by atoms with Crippen LogP contribution < -0.4 is 15.5 Å². The summed E-state index contributed by atoms with van der Waals surface area (Å²) in [6.07, 6.45) is 0.302. The van der Waals surface area contributed by atoms with Crippen molar-refractivity contribution in [1.29, 1.82) is 0 Å². The zero-order valence-electron chi connectivity index (χ0n) is 16.4. The summed E-state index contributed by atoms with van der Waals surface area (Å²) in [4.78, 5) is 24.4. The monoisotopic (exact) mass is 389 g/mol. The van der Waals surface area contributed by atoms with Crippen LogP contribution in [-0.4, -0.2) is 24.6 Å². The standard InChI is InChI=1S/C23H23N3O3/c1-16(14-22(27)24-19-10-12-20(29-2)13-11-19)25-26-23(28)15-18-8-5-7-17-6-3-4-9-21(17)18/h3-13H,14-15H2,1-2H3,(H,24,27)(H,26,28)/b25-16+. The van der Waals surface area contributed by atoms with Crippen LogP contribution in [-0.2, 0) is 16.0 Å². The highest BCUT2D eigenvalue weighted by atomic mass is 16.5. The molecule has 6 nitrogen and oxygen atoms in total. The first kappa shape index (κ1) is 20.1. The average Bonchev–Trinajstić information content (AvgIpc) is 2.73. The molecule has 3 aromatic carbocycles. The second-order valence-corrected chi connectivity index (χ2v) is 6.65. The average molecular weight is 389 g/mol. The van der Waals surface area contributed by atoms with E-state index < -0.39 is 0 Å². The number of hydrogen-bond acceptors (Lipinski definition) is 4. The summed E-state index contributed by atoms with van der Waals surface area (Å²) in [6.45, 7) is 1.70. The molecule has 2 N–H and O–H groups in total. The highest BCUT2D eigenvalue weighted by Gasteiger charge is 2.08. The van der Waals surface area contributed by atoms with Crippen LogP contribution in [0.5, 0.6) is 5.75 Å². The fourth-order valence-corrected chi connectivity index (χ4v) is 2.97. The van der Waals surface area contributed by atoms with Crippen molar-refractivity contribution in [2.75, 3.05) is 12.4 Å². The molecule has 0 fully saturated rings. The molecule has 0 atom stereocenters. The Labute approximate surface area is 169 Å². The molecule has 0 aliphatic carbocycles. The zero-order chi connectivity index (χ0) is 20.6. The first-order valence-electron chi connectivity index (χ1n) is 9.27. The molecule has 0 unspecified atom stereocenters. The van der Waals surface area contributed by atoms with Crippen LogP contribution in [0.2, 0.25) is 0 Å². The molecule has 0 spiro atoms. The Hall–Kier alpha value is -3.67. The number of carbonyl (C=O) groups is 2. The number of rotatable bonds is 7. The van der Waals surface area contributed by atoms with E-state index in [0.29, 0.717) is 11.4 Å². The quantitative estimate of drug-likeness (QED) is 0.475. The van der Waals surface area contributed by atoms with Gasteiger partial charge in [0.15, 0.2) is 0 Å². The van der Waals surface area contributed by atoms with Crippen molar-refractivity contribution >= 4 is 34.0 Å². The van der Waals surface area contributed by atoms with Crippen molar-refractivity contribution in [2.45, 2.75) is 19.8 Å². The van der Waals surface area contributed by atoms with Gasteiger partial charge in [0.2, 0.25) is 11.8 Å². The predicted octanol–water partition coefficient (Wildman–Crippen LogP) is 3.91. The number of benzene rings is 3. The number of carbonyl (C=O) groups excluding carboxylic acids is 2. The van der Waals surface area contributed by atoms with Crippen LogP contribution in [0, 0.1) is 0 Å². The van der Waals surface area contributed by atoms with E-state index >= 15 is 0 Å². The SMILES string of the molecule is COc1ccc(NC(=O)C/C(C)=N/NC(=O)Cc2cccc3ccccc23)cc1. The van der Waals surface area contributed by atoms with Gasteiger partial charge in [-0.25, -0.2) is 5.43 Å². The molecule has 0 saturated heterocycles. The lowest BCUT2D eigenvalue weighted by molar-refractivity contribution is -0.120. The van der Waals surface area contributed by atoms with Crippen molar-refractivity contribution in [3.8, 4) is 5.75 Å². The number of nitrogens with one attached hydrogen (secondary N) is 2. The maximum absolute atomic E-state index is 12.3. The number of amides is 2. The van der Waals surface area contributed by atoms with Gasteiger partial charge in [-0.15, -0.1) is 0 Å². The van der Waals surface area contributed by atoms with E-state index in [0.717, 1.165) is 22.1 Å². The molecule has 3 rings (SSSR count). The Morgan fingerprint density at radius 2 is 1.66 bits per heavy atom. The van der Waals surface area contributed by atoms with Gasteiger partial charge < -0.3 is 10.1 Å². The van der Waals surface area contributed by atoms with Gasteiger partial charge in [-0.05, 0) is 47.5 Å². The summed E-state index contributed by atoms with van der Waals surface area (Å²) < 4.78 is 5.09. The third-order valence-corrected chi connectivity index (χ3v) is 4.39. The molecule has 148 valence electrons. The molecule has 0 aliphatic rings. The lowest BCUT2D eigenvalue weighted by Gasteiger charge is -2.07. The molecule has 0 aliphatic heterocycles. The molecule has 29 heavy (non-hydrogen) atoms. The Bertz CT molecular complexity index is 1040. The molecule has 0 bridgehead atoms. The van der Waals surface area contributed by atoms with Crippen molar-refractivity contribution in [3.05, 3.63) is 72.3 Å². The van der Waals surface area contributed by atoms with Crippen LogP contribution in [0.1, 0.15) is 18.9 Å². The fourth-order valence-electron chi connectivity index (χ4n) is 2.97. The highest BCUT2D eigenvalue weighted by Crippen LogP contribution is 2.19. The second-order valence-electron chi connectivity index (χ2n) is 6.65. The Balaban J connectivity index is 1.53. The van der Waals surface area contributed by atoms with Crippen LogP contribution in [0.15, 0.2) is 71.8 Å². The van der Waals surface area contributed by atoms with Crippen LogP contribution in [0.4, 0.5) is 5.69 Å². The smallest absolute Gasteiger partial charge is 0.244 e. The van der Waals surface area contributed by atoms with Crippen molar-refractivity contribution in [1.82, 2.24) is 5.43 Å². The highest BCUT2D eigenvalue weighted by molar-refractivity contribution is 6.05. The number of anilines is 1. The van der Waals surface area contributed by atoms with E-state index in [-0.39, 0.29) is 24.7 Å². The minimum absolute atomic E-state index is 0.0839. The number of methoxy groups -OCH3 is 1. The number of fused-ring (bicyclic) bond motifs is 1. The normalized spacial score (nSPS) is 11.2. The van der Waals surface area contributed by atoms with Crippen molar-refractivity contribution in [2.24, 2.45) is 5.10 Å². The molecule has 0 saturated carbocycles. The fraction of sp³-hybridized carbons (Fsp3) is 0.174. The van der Waals surface area contributed by atoms with Gasteiger partial charge in [0.25, 0.3) is 0 Å². The lowest BCUT2D eigenvalue weighted by atomic mass is 10.0. The summed E-state index contributed by atoms with van der Waals surface area (Å²) in [7, 11) is 1.59. The molecule has 2 amide bonds. The maximum atomic E-state index is 12.3. The maximum Gasteiger partial charge on any atom is 0.244 e. The summed E-state index contributed by atoms with van der Waals surface area (Å²) in [5, 5.41) is 8.97. The predicted molar refractivity (Wildman–Crippen MR) is 115 cm³/mol. The number of hydrazone groups is 1. The van der Waals surface area contributed by atoms with E-state index in [1.807, 2.05) is 42.5 Å². The minimum atomic E-state index is -0.226. The van der Waals surface area contributed by atoms with Gasteiger partial charge in [0.05, 0.1) is 20.0 Å². The van der Waals surface area contributed by atoms with E-state index in [9.17, 15) is 9.59 Å². The van der Waals surface area contributed by atoms with Gasteiger partial charge in [0.1, 0.15) is 5.75 Å². The van der Waals surface area contributed by atoms with Gasteiger partial charge >= 0.3 is 0 Å². The minimum Gasteiger partial charge on any atom is -0.497 e. The summed E-state index contributed by atoms with van der Waals surface area (Å²) in [6, 6.07) is 20.9. The first-order valence-corrected chi connectivity index (χ1v) is 9.27. The third-order valence-electron chi connectivity index (χ3n) is 4.39. The summed E-state index contributed by atoms with van der Waals surface area (Å²) in [5.41, 5.74) is 4.65.